The average molecular weight is 226 g/mol. The van der Waals surface area contributed by atoms with Gasteiger partial charge in [-0.05, 0) is 12.8 Å². The van der Waals surface area contributed by atoms with Crippen LogP contribution >= 0.6 is 11.3 Å². The quantitative estimate of drug-likeness (QED) is 0.861. The van der Waals surface area contributed by atoms with Crippen LogP contribution in [0.4, 0.5) is 0 Å². The molecule has 1 aromatic rings. The minimum atomic E-state index is -0.166. The maximum absolute atomic E-state index is 6.39. The van der Waals surface area contributed by atoms with Crippen LogP contribution in [0.2, 0.25) is 0 Å². The summed E-state index contributed by atoms with van der Waals surface area (Å²) in [4.78, 5) is 4.56. The van der Waals surface area contributed by atoms with E-state index in [1.165, 1.54) is 19.3 Å². The zero-order valence-electron chi connectivity index (χ0n) is 9.16. The summed E-state index contributed by atoms with van der Waals surface area (Å²) >= 11 is 1.65. The zero-order chi connectivity index (χ0) is 10.7. The fourth-order valence-electron chi connectivity index (χ4n) is 2.17. The number of methoxy groups -OCH3 is 1. The van der Waals surface area contributed by atoms with Gasteiger partial charge in [0.15, 0.2) is 0 Å². The Morgan fingerprint density at radius 3 is 2.87 bits per heavy atom. The number of aromatic nitrogens is 1. The van der Waals surface area contributed by atoms with Crippen LogP contribution in [-0.4, -0.2) is 12.1 Å². The predicted octanol–water partition coefficient (Wildman–Crippen LogP) is 2.41. The second-order valence-corrected chi connectivity index (χ2v) is 5.22. The Kier molecular flexibility index (Phi) is 3.38. The highest BCUT2D eigenvalue weighted by atomic mass is 32.1. The van der Waals surface area contributed by atoms with Gasteiger partial charge in [0.25, 0.3) is 0 Å². The molecule has 2 rings (SSSR count). The fourth-order valence-corrected chi connectivity index (χ4v) is 3.04. The van der Waals surface area contributed by atoms with Gasteiger partial charge in [0, 0.05) is 12.5 Å². The molecule has 0 radical (unpaired) electrons. The van der Waals surface area contributed by atoms with Crippen molar-refractivity contribution in [2.24, 2.45) is 5.73 Å². The molecule has 4 heteroatoms. The van der Waals surface area contributed by atoms with Crippen molar-refractivity contribution in [2.45, 2.75) is 44.2 Å². The van der Waals surface area contributed by atoms with E-state index in [0.29, 0.717) is 6.61 Å². The van der Waals surface area contributed by atoms with Gasteiger partial charge in [-0.2, -0.15) is 0 Å². The molecule has 15 heavy (non-hydrogen) atoms. The smallest absolute Gasteiger partial charge is 0.119 e. The second-order valence-electron chi connectivity index (χ2n) is 4.28. The third-order valence-electron chi connectivity index (χ3n) is 3.08. The van der Waals surface area contributed by atoms with Crippen LogP contribution < -0.4 is 5.73 Å². The van der Waals surface area contributed by atoms with Gasteiger partial charge in [0.1, 0.15) is 5.01 Å². The van der Waals surface area contributed by atoms with E-state index in [0.717, 1.165) is 23.5 Å². The molecule has 1 aliphatic rings. The van der Waals surface area contributed by atoms with Gasteiger partial charge in [-0.25, -0.2) is 4.98 Å². The first-order valence-corrected chi connectivity index (χ1v) is 6.35. The molecule has 0 unspecified atom stereocenters. The van der Waals surface area contributed by atoms with E-state index in [2.05, 4.69) is 10.4 Å². The van der Waals surface area contributed by atoms with Crippen molar-refractivity contribution in [2.75, 3.05) is 7.11 Å². The zero-order valence-corrected chi connectivity index (χ0v) is 9.98. The molecule has 0 bridgehead atoms. The molecule has 1 aliphatic carbocycles. The number of hydrogen-bond donors (Lipinski definition) is 1. The number of hydrogen-bond acceptors (Lipinski definition) is 4. The Morgan fingerprint density at radius 2 is 2.20 bits per heavy atom. The normalized spacial score (nSPS) is 20.4. The molecule has 2 N–H and O–H groups in total. The topological polar surface area (TPSA) is 48.1 Å². The van der Waals surface area contributed by atoms with Crippen LogP contribution in [0.1, 0.15) is 42.8 Å². The van der Waals surface area contributed by atoms with Crippen LogP contribution in [0.25, 0.3) is 0 Å². The SMILES string of the molecule is COCc1nc(C2(N)CCCCC2)cs1. The van der Waals surface area contributed by atoms with Crippen molar-refractivity contribution in [3.8, 4) is 0 Å². The van der Waals surface area contributed by atoms with Crippen LogP contribution in [0.15, 0.2) is 5.38 Å². The molecule has 0 amide bonds. The summed E-state index contributed by atoms with van der Waals surface area (Å²) in [6.45, 7) is 0.598. The number of rotatable bonds is 3. The van der Waals surface area contributed by atoms with E-state index in [4.69, 9.17) is 10.5 Å². The summed E-state index contributed by atoms with van der Waals surface area (Å²) < 4.78 is 5.07. The van der Waals surface area contributed by atoms with E-state index < -0.39 is 0 Å². The number of thiazole rings is 1. The van der Waals surface area contributed by atoms with Gasteiger partial charge in [-0.15, -0.1) is 11.3 Å². The second kappa shape index (κ2) is 4.60. The Morgan fingerprint density at radius 1 is 1.47 bits per heavy atom. The molecule has 84 valence electrons. The lowest BCUT2D eigenvalue weighted by atomic mass is 9.81. The Hall–Kier alpha value is -0.450. The molecule has 0 spiro atoms. The largest absolute Gasteiger partial charge is 0.378 e. The van der Waals surface area contributed by atoms with E-state index in [-0.39, 0.29) is 5.54 Å². The minimum absolute atomic E-state index is 0.166. The first kappa shape index (κ1) is 11.0. The van der Waals surface area contributed by atoms with Crippen LogP contribution in [-0.2, 0) is 16.9 Å². The van der Waals surface area contributed by atoms with Gasteiger partial charge >= 0.3 is 0 Å². The molecular formula is C11H18N2OS. The van der Waals surface area contributed by atoms with E-state index in [1.807, 2.05) is 0 Å². The third-order valence-corrected chi connectivity index (χ3v) is 3.90. The molecule has 1 saturated carbocycles. The molecule has 0 atom stereocenters. The number of nitrogens with zero attached hydrogens (tertiary/aromatic N) is 1. The van der Waals surface area contributed by atoms with Crippen LogP contribution in [0, 0.1) is 0 Å². The van der Waals surface area contributed by atoms with Crippen molar-refractivity contribution in [1.82, 2.24) is 4.98 Å². The molecule has 1 aromatic heterocycles. The molecular weight excluding hydrogens is 208 g/mol. The minimum Gasteiger partial charge on any atom is -0.378 e. The van der Waals surface area contributed by atoms with Crippen molar-refractivity contribution >= 4 is 11.3 Å². The van der Waals surface area contributed by atoms with E-state index in [1.54, 1.807) is 18.4 Å². The van der Waals surface area contributed by atoms with Crippen molar-refractivity contribution in [3.63, 3.8) is 0 Å². The first-order valence-electron chi connectivity index (χ1n) is 5.47. The summed E-state index contributed by atoms with van der Waals surface area (Å²) in [6, 6.07) is 0. The van der Waals surface area contributed by atoms with Gasteiger partial charge in [0.2, 0.25) is 0 Å². The number of nitrogens with two attached hydrogens (primary N) is 1. The first-order chi connectivity index (χ1) is 7.24. The van der Waals surface area contributed by atoms with Gasteiger partial charge in [0.05, 0.1) is 17.8 Å². The highest BCUT2D eigenvalue weighted by molar-refractivity contribution is 7.09. The molecule has 3 nitrogen and oxygen atoms in total. The van der Waals surface area contributed by atoms with Crippen LogP contribution in [0.5, 0.6) is 0 Å². The van der Waals surface area contributed by atoms with Crippen molar-refractivity contribution < 1.29 is 4.74 Å². The predicted molar refractivity (Wildman–Crippen MR) is 61.8 cm³/mol. The Labute approximate surface area is 94.7 Å². The summed E-state index contributed by atoms with van der Waals surface area (Å²) in [5.74, 6) is 0. The lowest BCUT2D eigenvalue weighted by Crippen LogP contribution is -2.38. The molecule has 0 aromatic carbocycles. The van der Waals surface area contributed by atoms with Gasteiger partial charge < -0.3 is 10.5 Å². The molecule has 1 fully saturated rings. The third kappa shape index (κ3) is 2.38. The Bertz CT molecular complexity index is 318. The van der Waals surface area contributed by atoms with Gasteiger partial charge in [-0.3, -0.25) is 0 Å². The highest BCUT2D eigenvalue weighted by Gasteiger charge is 2.31. The van der Waals surface area contributed by atoms with E-state index in [9.17, 15) is 0 Å². The standard InChI is InChI=1S/C11H18N2OS/c1-14-7-10-13-9(8-15-10)11(12)5-3-2-4-6-11/h8H,2-7,12H2,1H3. The fraction of sp³-hybridized carbons (Fsp3) is 0.727. The van der Waals surface area contributed by atoms with Crippen LogP contribution in [0.3, 0.4) is 0 Å². The lowest BCUT2D eigenvalue weighted by Gasteiger charge is -2.31. The number of ether oxygens (including phenoxy) is 1. The molecule has 0 aliphatic heterocycles. The molecule has 0 saturated heterocycles. The summed E-state index contributed by atoms with van der Waals surface area (Å²) in [7, 11) is 1.69. The maximum atomic E-state index is 6.39. The van der Waals surface area contributed by atoms with Crippen molar-refractivity contribution in [3.05, 3.63) is 16.1 Å². The van der Waals surface area contributed by atoms with Gasteiger partial charge in [-0.1, -0.05) is 19.3 Å². The maximum Gasteiger partial charge on any atom is 0.119 e. The average Bonchev–Trinajstić information content (AvgIpc) is 2.69. The summed E-state index contributed by atoms with van der Waals surface area (Å²) in [5, 5.41) is 3.13. The Balaban J connectivity index is 2.12. The van der Waals surface area contributed by atoms with E-state index >= 15 is 0 Å². The monoisotopic (exact) mass is 226 g/mol. The molecule has 1 heterocycles. The summed E-state index contributed by atoms with van der Waals surface area (Å²) in [6.07, 6.45) is 5.92. The summed E-state index contributed by atoms with van der Waals surface area (Å²) in [5.41, 5.74) is 7.30. The highest BCUT2D eigenvalue weighted by Crippen LogP contribution is 2.35. The van der Waals surface area contributed by atoms with Crippen molar-refractivity contribution in [1.29, 1.82) is 0 Å². The lowest BCUT2D eigenvalue weighted by molar-refractivity contribution is 0.184.